The standard InChI is InChI=1S/C32H32BrN3O2/c33-30-16-7-8-17-31(30)34-32(37)36(27-18-20-35(21-19-27)23-25-10-3-1-4-11-25)24-26-12-9-15-29(22-26)38-28-13-5-2-6-14-28/h1-17,22,27H,18-21,23-24H2,(H,34,37). The summed E-state index contributed by atoms with van der Waals surface area (Å²) >= 11 is 3.56. The average molecular weight is 571 g/mol. The molecular weight excluding hydrogens is 538 g/mol. The number of benzene rings is 4. The van der Waals surface area contributed by atoms with Crippen LogP contribution in [0.4, 0.5) is 10.5 Å². The number of anilines is 1. The van der Waals surface area contributed by atoms with Gasteiger partial charge in [-0.3, -0.25) is 4.90 Å². The SMILES string of the molecule is O=C(Nc1ccccc1Br)N(Cc1cccc(Oc2ccccc2)c1)C1CCN(Cc2ccccc2)CC1. The average Bonchev–Trinajstić information content (AvgIpc) is 2.95. The molecule has 0 unspecified atom stereocenters. The van der Waals surface area contributed by atoms with Gasteiger partial charge in [-0.05, 0) is 76.3 Å². The fraction of sp³-hybridized carbons (Fsp3) is 0.219. The number of likely N-dealkylation sites (tertiary alicyclic amines) is 1. The first-order valence-electron chi connectivity index (χ1n) is 13.0. The summed E-state index contributed by atoms with van der Waals surface area (Å²) in [7, 11) is 0. The summed E-state index contributed by atoms with van der Waals surface area (Å²) in [6.45, 7) is 3.35. The number of piperidine rings is 1. The second-order valence-electron chi connectivity index (χ2n) is 9.59. The number of carbonyl (C=O) groups excluding carboxylic acids is 1. The van der Waals surface area contributed by atoms with Gasteiger partial charge >= 0.3 is 6.03 Å². The second kappa shape index (κ2) is 12.8. The van der Waals surface area contributed by atoms with E-state index in [9.17, 15) is 4.79 Å². The van der Waals surface area contributed by atoms with Crippen LogP contribution in [0.5, 0.6) is 11.5 Å². The Hall–Kier alpha value is -3.61. The van der Waals surface area contributed by atoms with E-state index in [0.29, 0.717) is 6.54 Å². The number of hydrogen-bond donors (Lipinski definition) is 1. The molecule has 38 heavy (non-hydrogen) atoms. The number of halogens is 1. The van der Waals surface area contributed by atoms with E-state index in [2.05, 4.69) is 62.5 Å². The molecule has 194 valence electrons. The summed E-state index contributed by atoms with van der Waals surface area (Å²) < 4.78 is 6.92. The molecule has 0 radical (unpaired) electrons. The Balaban J connectivity index is 1.31. The highest BCUT2D eigenvalue weighted by Crippen LogP contribution is 2.27. The maximum absolute atomic E-state index is 13.7. The molecule has 5 rings (SSSR count). The molecule has 4 aromatic carbocycles. The van der Waals surface area contributed by atoms with Gasteiger partial charge in [0, 0.05) is 36.7 Å². The zero-order valence-electron chi connectivity index (χ0n) is 21.3. The molecule has 4 aromatic rings. The van der Waals surface area contributed by atoms with Crippen molar-refractivity contribution in [1.29, 1.82) is 0 Å². The molecule has 2 amide bonds. The molecule has 1 fully saturated rings. The number of para-hydroxylation sites is 2. The van der Waals surface area contributed by atoms with Crippen molar-refractivity contribution in [3.63, 3.8) is 0 Å². The third kappa shape index (κ3) is 7.03. The molecule has 5 nitrogen and oxygen atoms in total. The number of ether oxygens (including phenoxy) is 1. The molecule has 0 aromatic heterocycles. The Kier molecular flexibility index (Phi) is 8.74. The summed E-state index contributed by atoms with van der Waals surface area (Å²) in [5.41, 5.74) is 3.13. The van der Waals surface area contributed by atoms with Crippen LogP contribution in [-0.2, 0) is 13.1 Å². The number of nitrogens with one attached hydrogen (secondary N) is 1. The summed E-state index contributed by atoms with van der Waals surface area (Å²) in [5, 5.41) is 3.13. The van der Waals surface area contributed by atoms with Crippen molar-refractivity contribution in [3.8, 4) is 11.5 Å². The van der Waals surface area contributed by atoms with E-state index in [-0.39, 0.29) is 12.1 Å². The van der Waals surface area contributed by atoms with Crippen LogP contribution >= 0.6 is 15.9 Å². The lowest BCUT2D eigenvalue weighted by Crippen LogP contribution is -2.48. The quantitative estimate of drug-likeness (QED) is 0.234. The number of rotatable bonds is 8. The van der Waals surface area contributed by atoms with Crippen molar-refractivity contribution in [2.45, 2.75) is 32.0 Å². The molecule has 0 spiro atoms. The van der Waals surface area contributed by atoms with Crippen LogP contribution in [0.15, 0.2) is 114 Å². The molecule has 1 saturated heterocycles. The van der Waals surface area contributed by atoms with E-state index >= 15 is 0 Å². The Morgan fingerprint density at radius 1 is 0.816 bits per heavy atom. The molecule has 6 heteroatoms. The highest BCUT2D eigenvalue weighted by atomic mass is 79.9. The lowest BCUT2D eigenvalue weighted by Gasteiger charge is -2.38. The Bertz CT molecular complexity index is 1320. The first-order chi connectivity index (χ1) is 18.6. The fourth-order valence-corrected chi connectivity index (χ4v) is 5.26. The van der Waals surface area contributed by atoms with Gasteiger partial charge in [-0.25, -0.2) is 4.79 Å². The van der Waals surface area contributed by atoms with Crippen molar-refractivity contribution in [2.24, 2.45) is 0 Å². The zero-order chi connectivity index (χ0) is 26.2. The number of amides is 2. The van der Waals surface area contributed by atoms with Crippen molar-refractivity contribution in [2.75, 3.05) is 18.4 Å². The van der Waals surface area contributed by atoms with E-state index in [1.165, 1.54) is 5.56 Å². The minimum atomic E-state index is -0.0900. The third-order valence-electron chi connectivity index (χ3n) is 6.85. The van der Waals surface area contributed by atoms with Gasteiger partial charge in [-0.2, -0.15) is 0 Å². The Morgan fingerprint density at radius 2 is 1.45 bits per heavy atom. The monoisotopic (exact) mass is 569 g/mol. The second-order valence-corrected chi connectivity index (χ2v) is 10.4. The van der Waals surface area contributed by atoms with Crippen LogP contribution in [0.1, 0.15) is 24.0 Å². The van der Waals surface area contributed by atoms with Crippen molar-refractivity contribution in [1.82, 2.24) is 9.80 Å². The van der Waals surface area contributed by atoms with Crippen LogP contribution in [0.25, 0.3) is 0 Å². The van der Waals surface area contributed by atoms with E-state index in [1.807, 2.05) is 77.7 Å². The van der Waals surface area contributed by atoms with Crippen molar-refractivity contribution in [3.05, 3.63) is 125 Å². The topological polar surface area (TPSA) is 44.8 Å². The third-order valence-corrected chi connectivity index (χ3v) is 7.54. The molecule has 0 saturated carbocycles. The zero-order valence-corrected chi connectivity index (χ0v) is 22.9. The van der Waals surface area contributed by atoms with Gasteiger partial charge in [-0.15, -0.1) is 0 Å². The number of carbonyl (C=O) groups is 1. The van der Waals surface area contributed by atoms with Gasteiger partial charge in [0.25, 0.3) is 0 Å². The first-order valence-corrected chi connectivity index (χ1v) is 13.8. The molecule has 0 atom stereocenters. The Morgan fingerprint density at radius 3 is 2.18 bits per heavy atom. The summed E-state index contributed by atoms with van der Waals surface area (Å²) in [6.07, 6.45) is 1.85. The van der Waals surface area contributed by atoms with E-state index in [4.69, 9.17) is 4.74 Å². The first kappa shape index (κ1) is 26.0. The predicted octanol–water partition coefficient (Wildman–Crippen LogP) is 7.94. The van der Waals surface area contributed by atoms with Crippen LogP contribution < -0.4 is 10.1 Å². The maximum Gasteiger partial charge on any atom is 0.322 e. The molecule has 1 aliphatic heterocycles. The Labute approximate surface area is 233 Å². The number of urea groups is 1. The maximum atomic E-state index is 13.7. The lowest BCUT2D eigenvalue weighted by molar-refractivity contribution is 0.120. The summed E-state index contributed by atoms with van der Waals surface area (Å²) in [5.74, 6) is 1.55. The minimum Gasteiger partial charge on any atom is -0.457 e. The molecule has 0 bridgehead atoms. The lowest BCUT2D eigenvalue weighted by atomic mass is 10.0. The van der Waals surface area contributed by atoms with Gasteiger partial charge in [-0.1, -0.05) is 72.8 Å². The van der Waals surface area contributed by atoms with Crippen molar-refractivity contribution >= 4 is 27.6 Å². The number of nitrogens with zero attached hydrogens (tertiary/aromatic N) is 2. The van der Waals surface area contributed by atoms with E-state index in [0.717, 1.165) is 59.7 Å². The van der Waals surface area contributed by atoms with Gasteiger partial charge in [0.15, 0.2) is 0 Å². The molecular formula is C32H32BrN3O2. The minimum absolute atomic E-state index is 0.0900. The van der Waals surface area contributed by atoms with Gasteiger partial charge in [0.05, 0.1) is 5.69 Å². The normalized spacial score (nSPS) is 14.1. The highest BCUT2D eigenvalue weighted by molar-refractivity contribution is 9.10. The van der Waals surface area contributed by atoms with Gasteiger partial charge < -0.3 is 15.0 Å². The molecule has 1 heterocycles. The smallest absolute Gasteiger partial charge is 0.322 e. The molecule has 1 N–H and O–H groups in total. The van der Waals surface area contributed by atoms with Crippen LogP contribution in [-0.4, -0.2) is 35.0 Å². The van der Waals surface area contributed by atoms with E-state index < -0.39 is 0 Å². The number of hydrogen-bond acceptors (Lipinski definition) is 3. The largest absolute Gasteiger partial charge is 0.457 e. The van der Waals surface area contributed by atoms with Crippen LogP contribution in [0, 0.1) is 0 Å². The van der Waals surface area contributed by atoms with Crippen molar-refractivity contribution < 1.29 is 9.53 Å². The highest BCUT2D eigenvalue weighted by Gasteiger charge is 2.28. The summed E-state index contributed by atoms with van der Waals surface area (Å²) in [6, 6.07) is 36.1. The molecule has 0 aliphatic carbocycles. The van der Waals surface area contributed by atoms with E-state index in [1.54, 1.807) is 0 Å². The van der Waals surface area contributed by atoms with Gasteiger partial charge in [0.1, 0.15) is 11.5 Å². The summed E-state index contributed by atoms with van der Waals surface area (Å²) in [4.78, 5) is 18.1. The van der Waals surface area contributed by atoms with Gasteiger partial charge in [0.2, 0.25) is 0 Å². The predicted molar refractivity (Wildman–Crippen MR) is 156 cm³/mol. The van der Waals surface area contributed by atoms with Crippen LogP contribution in [0.2, 0.25) is 0 Å². The molecule has 1 aliphatic rings. The van der Waals surface area contributed by atoms with Crippen LogP contribution in [0.3, 0.4) is 0 Å². The fourth-order valence-electron chi connectivity index (χ4n) is 4.88.